The van der Waals surface area contributed by atoms with Gasteiger partial charge in [-0.15, -0.1) is 0 Å². The smallest absolute Gasteiger partial charge is 0.264 e. The zero-order valence-corrected chi connectivity index (χ0v) is 17.4. The number of nitrogens with one attached hydrogen (secondary N) is 2. The van der Waals surface area contributed by atoms with Crippen molar-refractivity contribution in [1.82, 2.24) is 4.47 Å². The molecular formula is C20H23N3O6S. The van der Waals surface area contributed by atoms with Crippen LogP contribution in [0.2, 0.25) is 0 Å². The molecule has 0 saturated carbocycles. The molecule has 3 rings (SSSR count). The van der Waals surface area contributed by atoms with Crippen molar-refractivity contribution in [1.29, 1.82) is 0 Å². The maximum atomic E-state index is 12.5. The second-order valence-corrected chi connectivity index (χ2v) is 8.58. The summed E-state index contributed by atoms with van der Waals surface area (Å²) in [6.07, 6.45) is 1.06. The standard InChI is InChI=1S/C20H23N3O6S/c1-23(28-2)30(26,27)17-10-8-15(9-11-17)21-19(24)14-5-3-6-16(13-14)22-20(25)18-7-4-12-29-18/h3,5-6,8-11,13,18H,4,7,12H2,1-2H3,(H,21,24)(H,22,25). The molecule has 1 fully saturated rings. The monoisotopic (exact) mass is 433 g/mol. The highest BCUT2D eigenvalue weighted by Gasteiger charge is 2.24. The van der Waals surface area contributed by atoms with Gasteiger partial charge < -0.3 is 15.4 Å². The van der Waals surface area contributed by atoms with E-state index in [4.69, 9.17) is 9.57 Å². The highest BCUT2D eigenvalue weighted by Crippen LogP contribution is 2.20. The number of benzene rings is 2. The lowest BCUT2D eigenvalue weighted by molar-refractivity contribution is -0.124. The molecule has 1 saturated heterocycles. The van der Waals surface area contributed by atoms with Gasteiger partial charge in [0.1, 0.15) is 6.10 Å². The quantitative estimate of drug-likeness (QED) is 0.648. The topological polar surface area (TPSA) is 114 Å². The van der Waals surface area contributed by atoms with Gasteiger partial charge in [-0.3, -0.25) is 14.4 Å². The van der Waals surface area contributed by atoms with Crippen LogP contribution in [0.25, 0.3) is 0 Å². The number of carbonyl (C=O) groups is 2. The van der Waals surface area contributed by atoms with Gasteiger partial charge in [-0.1, -0.05) is 10.5 Å². The van der Waals surface area contributed by atoms with Gasteiger partial charge in [0.2, 0.25) is 0 Å². The number of carbonyl (C=O) groups excluding carboxylic acids is 2. The van der Waals surface area contributed by atoms with E-state index in [1.54, 1.807) is 24.3 Å². The molecule has 30 heavy (non-hydrogen) atoms. The minimum Gasteiger partial charge on any atom is -0.368 e. The summed E-state index contributed by atoms with van der Waals surface area (Å²) in [4.78, 5) is 29.5. The third-order valence-corrected chi connectivity index (χ3v) is 6.31. The molecule has 2 aromatic rings. The summed E-state index contributed by atoms with van der Waals surface area (Å²) >= 11 is 0. The summed E-state index contributed by atoms with van der Waals surface area (Å²) in [6.45, 7) is 0.572. The molecule has 0 aliphatic carbocycles. The molecule has 0 aromatic heterocycles. The fraction of sp³-hybridized carbons (Fsp3) is 0.300. The summed E-state index contributed by atoms with van der Waals surface area (Å²) in [5, 5.41) is 5.46. The van der Waals surface area contributed by atoms with Crippen LogP contribution in [0.1, 0.15) is 23.2 Å². The number of ether oxygens (including phenoxy) is 1. The van der Waals surface area contributed by atoms with Gasteiger partial charge in [0.15, 0.2) is 0 Å². The molecule has 1 heterocycles. The van der Waals surface area contributed by atoms with E-state index in [-0.39, 0.29) is 10.8 Å². The average molecular weight is 433 g/mol. The summed E-state index contributed by atoms with van der Waals surface area (Å²) in [5.41, 5.74) is 1.26. The van der Waals surface area contributed by atoms with Gasteiger partial charge in [-0.05, 0) is 55.3 Å². The normalized spacial score (nSPS) is 16.4. The number of hydroxylamine groups is 1. The predicted octanol–water partition coefficient (Wildman–Crippen LogP) is 2.24. The highest BCUT2D eigenvalue weighted by atomic mass is 32.2. The molecular weight excluding hydrogens is 410 g/mol. The van der Waals surface area contributed by atoms with Gasteiger partial charge in [0.25, 0.3) is 21.8 Å². The van der Waals surface area contributed by atoms with E-state index in [1.807, 2.05) is 0 Å². The fourth-order valence-corrected chi connectivity index (χ4v) is 3.88. The lowest BCUT2D eigenvalue weighted by Crippen LogP contribution is -2.27. The van der Waals surface area contributed by atoms with Crippen LogP contribution < -0.4 is 10.6 Å². The van der Waals surface area contributed by atoms with E-state index >= 15 is 0 Å². The van der Waals surface area contributed by atoms with Crippen LogP contribution in [0.4, 0.5) is 11.4 Å². The van der Waals surface area contributed by atoms with Crippen molar-refractivity contribution in [3.05, 3.63) is 54.1 Å². The first-order valence-electron chi connectivity index (χ1n) is 9.28. The van der Waals surface area contributed by atoms with E-state index in [1.165, 1.54) is 38.4 Å². The molecule has 2 aromatic carbocycles. The zero-order chi connectivity index (χ0) is 21.7. The zero-order valence-electron chi connectivity index (χ0n) is 16.6. The molecule has 0 bridgehead atoms. The number of nitrogens with zero attached hydrogens (tertiary/aromatic N) is 1. The van der Waals surface area contributed by atoms with Crippen LogP contribution in [0, 0.1) is 0 Å². The van der Waals surface area contributed by atoms with Gasteiger partial charge in [-0.25, -0.2) is 8.42 Å². The van der Waals surface area contributed by atoms with Crippen molar-refractivity contribution in [3.8, 4) is 0 Å². The Morgan fingerprint density at radius 1 is 1.10 bits per heavy atom. The van der Waals surface area contributed by atoms with Crippen molar-refractivity contribution in [2.75, 3.05) is 31.4 Å². The van der Waals surface area contributed by atoms with Crippen molar-refractivity contribution in [2.24, 2.45) is 0 Å². The van der Waals surface area contributed by atoms with Gasteiger partial charge in [0.05, 0.1) is 12.0 Å². The second kappa shape index (κ2) is 9.35. The molecule has 1 aliphatic heterocycles. The largest absolute Gasteiger partial charge is 0.368 e. The SMILES string of the molecule is CON(C)S(=O)(=O)c1ccc(NC(=O)c2cccc(NC(=O)C3CCCO3)c2)cc1. The van der Waals surface area contributed by atoms with Crippen LogP contribution in [-0.4, -0.2) is 51.6 Å². The Kier molecular flexibility index (Phi) is 6.83. The minimum absolute atomic E-state index is 0.0312. The summed E-state index contributed by atoms with van der Waals surface area (Å²) in [5.74, 6) is -0.629. The number of hydrogen-bond acceptors (Lipinski definition) is 6. The van der Waals surface area contributed by atoms with Crippen LogP contribution >= 0.6 is 0 Å². The minimum atomic E-state index is -3.76. The molecule has 0 radical (unpaired) electrons. The summed E-state index contributed by atoms with van der Waals surface area (Å²) in [7, 11) is -1.22. The van der Waals surface area contributed by atoms with Crippen LogP contribution in [-0.2, 0) is 24.4 Å². The van der Waals surface area contributed by atoms with Crippen molar-refractivity contribution in [2.45, 2.75) is 23.8 Å². The lowest BCUT2D eigenvalue weighted by atomic mass is 10.1. The second-order valence-electron chi connectivity index (χ2n) is 6.65. The molecule has 1 atom stereocenters. The third kappa shape index (κ3) is 5.03. The maximum absolute atomic E-state index is 12.5. The van der Waals surface area contributed by atoms with E-state index < -0.39 is 22.0 Å². The Balaban J connectivity index is 1.66. The van der Waals surface area contributed by atoms with E-state index in [2.05, 4.69) is 10.6 Å². The first-order chi connectivity index (χ1) is 14.3. The molecule has 1 unspecified atom stereocenters. The number of hydrogen-bond donors (Lipinski definition) is 2. The third-order valence-electron chi connectivity index (χ3n) is 4.62. The number of sulfonamides is 1. The van der Waals surface area contributed by atoms with E-state index in [0.717, 1.165) is 10.9 Å². The van der Waals surface area contributed by atoms with Crippen molar-refractivity contribution in [3.63, 3.8) is 0 Å². The average Bonchev–Trinajstić information content (AvgIpc) is 3.29. The lowest BCUT2D eigenvalue weighted by Gasteiger charge is -2.14. The van der Waals surface area contributed by atoms with Crippen LogP contribution in [0.15, 0.2) is 53.4 Å². The van der Waals surface area contributed by atoms with Gasteiger partial charge in [0, 0.05) is 30.6 Å². The molecule has 160 valence electrons. The van der Waals surface area contributed by atoms with Crippen molar-refractivity contribution >= 4 is 33.2 Å². The molecule has 10 heteroatoms. The Morgan fingerprint density at radius 2 is 1.83 bits per heavy atom. The van der Waals surface area contributed by atoms with Crippen LogP contribution in [0.5, 0.6) is 0 Å². The summed E-state index contributed by atoms with van der Waals surface area (Å²) < 4.78 is 30.5. The van der Waals surface area contributed by atoms with E-state index in [0.29, 0.717) is 30.0 Å². The Labute approximate surface area is 175 Å². The highest BCUT2D eigenvalue weighted by molar-refractivity contribution is 7.89. The fourth-order valence-electron chi connectivity index (χ4n) is 2.91. The molecule has 2 N–H and O–H groups in total. The van der Waals surface area contributed by atoms with Gasteiger partial charge in [-0.2, -0.15) is 0 Å². The summed E-state index contributed by atoms with van der Waals surface area (Å²) in [6, 6.07) is 12.2. The molecule has 0 spiro atoms. The number of amides is 2. The van der Waals surface area contributed by atoms with Crippen LogP contribution in [0.3, 0.4) is 0 Å². The maximum Gasteiger partial charge on any atom is 0.264 e. The molecule has 1 aliphatic rings. The number of rotatable bonds is 7. The molecule has 2 amide bonds. The number of anilines is 2. The Hall–Kier alpha value is -2.79. The first-order valence-corrected chi connectivity index (χ1v) is 10.7. The molecule has 9 nitrogen and oxygen atoms in total. The Bertz CT molecular complexity index is 1020. The van der Waals surface area contributed by atoms with E-state index in [9.17, 15) is 18.0 Å². The Morgan fingerprint density at radius 3 is 2.47 bits per heavy atom. The van der Waals surface area contributed by atoms with Crippen molar-refractivity contribution < 1.29 is 27.6 Å². The van der Waals surface area contributed by atoms with Gasteiger partial charge >= 0.3 is 0 Å². The first kappa shape index (κ1) is 21.9. The predicted molar refractivity (Wildman–Crippen MR) is 110 cm³/mol.